The lowest BCUT2D eigenvalue weighted by Gasteiger charge is -2.14. The third kappa shape index (κ3) is 2.66. The minimum absolute atomic E-state index is 0.113. The van der Waals surface area contributed by atoms with Crippen molar-refractivity contribution < 1.29 is 0 Å². The van der Waals surface area contributed by atoms with E-state index in [0.717, 1.165) is 22.6 Å². The number of nitrogens with zero attached hydrogens (tertiary/aromatic N) is 3. The van der Waals surface area contributed by atoms with Crippen molar-refractivity contribution in [1.82, 2.24) is 19.9 Å². The van der Waals surface area contributed by atoms with Gasteiger partial charge in [-0.25, -0.2) is 4.98 Å². The number of hydrogen-bond acceptors (Lipinski definition) is 4. The number of benzene rings is 1. The van der Waals surface area contributed by atoms with Gasteiger partial charge in [0.2, 0.25) is 0 Å². The first-order chi connectivity index (χ1) is 9.83. The van der Waals surface area contributed by atoms with E-state index in [0.29, 0.717) is 0 Å². The molecule has 0 amide bonds. The Bertz CT molecular complexity index is 647. The van der Waals surface area contributed by atoms with E-state index in [1.165, 1.54) is 0 Å². The molecule has 2 heterocycles. The van der Waals surface area contributed by atoms with Gasteiger partial charge in [-0.05, 0) is 24.6 Å². The first-order valence-corrected chi connectivity index (χ1v) is 6.44. The summed E-state index contributed by atoms with van der Waals surface area (Å²) >= 11 is 0. The first-order valence-electron chi connectivity index (χ1n) is 6.44. The molecule has 2 N–H and O–H groups in total. The SMILES string of the molecule is CC(Nc1ccc(-c2cnc[nH]2)cc1)c1cnccn1. The van der Waals surface area contributed by atoms with Crippen LogP contribution in [0.15, 0.2) is 55.4 Å². The van der Waals surface area contributed by atoms with Crippen LogP contribution in [-0.2, 0) is 0 Å². The second-order valence-corrected chi connectivity index (χ2v) is 4.54. The molecular formula is C15H15N5. The lowest BCUT2D eigenvalue weighted by atomic mass is 10.1. The summed E-state index contributed by atoms with van der Waals surface area (Å²) in [6.45, 7) is 2.06. The number of imidazole rings is 1. The highest BCUT2D eigenvalue weighted by Gasteiger charge is 2.06. The highest BCUT2D eigenvalue weighted by atomic mass is 14.9. The number of nitrogens with one attached hydrogen (secondary N) is 2. The van der Waals surface area contributed by atoms with E-state index in [1.54, 1.807) is 24.9 Å². The molecule has 0 aliphatic rings. The summed E-state index contributed by atoms with van der Waals surface area (Å²) in [5.41, 5.74) is 4.09. The van der Waals surface area contributed by atoms with Crippen LogP contribution in [0.4, 0.5) is 5.69 Å². The summed E-state index contributed by atoms with van der Waals surface area (Å²) in [6.07, 6.45) is 8.64. The zero-order valence-corrected chi connectivity index (χ0v) is 11.1. The van der Waals surface area contributed by atoms with Crippen molar-refractivity contribution in [1.29, 1.82) is 0 Å². The Morgan fingerprint density at radius 2 is 1.90 bits per heavy atom. The second kappa shape index (κ2) is 5.52. The number of hydrogen-bond donors (Lipinski definition) is 2. The van der Waals surface area contributed by atoms with E-state index in [-0.39, 0.29) is 6.04 Å². The smallest absolute Gasteiger partial charge is 0.0924 e. The molecule has 1 atom stereocenters. The van der Waals surface area contributed by atoms with Gasteiger partial charge in [0.05, 0.1) is 36.2 Å². The molecule has 1 unspecified atom stereocenters. The van der Waals surface area contributed by atoms with Gasteiger partial charge in [-0.2, -0.15) is 0 Å². The molecule has 5 heteroatoms. The Morgan fingerprint density at radius 3 is 2.55 bits per heavy atom. The second-order valence-electron chi connectivity index (χ2n) is 4.54. The number of anilines is 1. The summed E-state index contributed by atoms with van der Waals surface area (Å²) in [6, 6.07) is 8.31. The molecule has 1 aromatic carbocycles. The van der Waals surface area contributed by atoms with Gasteiger partial charge in [0.25, 0.3) is 0 Å². The summed E-state index contributed by atoms with van der Waals surface area (Å²) in [5.74, 6) is 0. The fourth-order valence-corrected chi connectivity index (χ4v) is 2.02. The van der Waals surface area contributed by atoms with Crippen molar-refractivity contribution >= 4 is 5.69 Å². The average molecular weight is 265 g/mol. The van der Waals surface area contributed by atoms with Gasteiger partial charge in [0.15, 0.2) is 0 Å². The van der Waals surface area contributed by atoms with Gasteiger partial charge >= 0.3 is 0 Å². The molecule has 20 heavy (non-hydrogen) atoms. The van der Waals surface area contributed by atoms with Crippen molar-refractivity contribution in [3.63, 3.8) is 0 Å². The number of aromatic nitrogens is 4. The highest BCUT2D eigenvalue weighted by molar-refractivity contribution is 5.62. The molecule has 0 fully saturated rings. The summed E-state index contributed by atoms with van der Waals surface area (Å²) in [7, 11) is 0. The summed E-state index contributed by atoms with van der Waals surface area (Å²) < 4.78 is 0. The van der Waals surface area contributed by atoms with Gasteiger partial charge in [0.1, 0.15) is 0 Å². The maximum absolute atomic E-state index is 4.29. The van der Waals surface area contributed by atoms with Crippen molar-refractivity contribution in [2.45, 2.75) is 13.0 Å². The minimum Gasteiger partial charge on any atom is -0.377 e. The fraction of sp³-hybridized carbons (Fsp3) is 0.133. The number of aromatic amines is 1. The van der Waals surface area contributed by atoms with Crippen LogP contribution in [0.3, 0.4) is 0 Å². The fourth-order valence-electron chi connectivity index (χ4n) is 2.02. The molecule has 3 aromatic rings. The van der Waals surface area contributed by atoms with Gasteiger partial charge in [-0.15, -0.1) is 0 Å². The normalized spacial score (nSPS) is 12.1. The quantitative estimate of drug-likeness (QED) is 0.761. The molecule has 0 radical (unpaired) electrons. The van der Waals surface area contributed by atoms with E-state index in [1.807, 2.05) is 18.3 Å². The van der Waals surface area contributed by atoms with E-state index in [4.69, 9.17) is 0 Å². The molecule has 5 nitrogen and oxygen atoms in total. The number of rotatable bonds is 4. The molecule has 3 rings (SSSR count). The van der Waals surface area contributed by atoms with Crippen LogP contribution in [0.5, 0.6) is 0 Å². The van der Waals surface area contributed by atoms with E-state index in [2.05, 4.69) is 44.3 Å². The van der Waals surface area contributed by atoms with Crippen LogP contribution >= 0.6 is 0 Å². The molecule has 100 valence electrons. The average Bonchev–Trinajstić information content (AvgIpc) is 3.03. The maximum Gasteiger partial charge on any atom is 0.0924 e. The lowest BCUT2D eigenvalue weighted by molar-refractivity contribution is 0.827. The van der Waals surface area contributed by atoms with E-state index >= 15 is 0 Å². The lowest BCUT2D eigenvalue weighted by Crippen LogP contribution is -2.08. The first kappa shape index (κ1) is 12.3. The van der Waals surface area contributed by atoms with Crippen LogP contribution in [0.2, 0.25) is 0 Å². The van der Waals surface area contributed by atoms with E-state index < -0.39 is 0 Å². The molecule has 0 bridgehead atoms. The molecule has 0 saturated carbocycles. The molecule has 2 aromatic heterocycles. The van der Waals surface area contributed by atoms with Gasteiger partial charge in [0, 0.05) is 18.1 Å². The Kier molecular flexibility index (Phi) is 3.41. The third-order valence-corrected chi connectivity index (χ3v) is 3.10. The van der Waals surface area contributed by atoms with Crippen LogP contribution in [-0.4, -0.2) is 19.9 Å². The van der Waals surface area contributed by atoms with Crippen molar-refractivity contribution in [2.24, 2.45) is 0 Å². The topological polar surface area (TPSA) is 66.5 Å². The van der Waals surface area contributed by atoms with Crippen LogP contribution in [0, 0.1) is 0 Å². The highest BCUT2D eigenvalue weighted by Crippen LogP contribution is 2.21. The zero-order chi connectivity index (χ0) is 13.8. The Hall–Kier alpha value is -2.69. The van der Waals surface area contributed by atoms with Crippen molar-refractivity contribution in [3.05, 3.63) is 61.1 Å². The van der Waals surface area contributed by atoms with E-state index in [9.17, 15) is 0 Å². The maximum atomic E-state index is 4.29. The Morgan fingerprint density at radius 1 is 1.05 bits per heavy atom. The molecular weight excluding hydrogens is 250 g/mol. The standard InChI is InChI=1S/C15H15N5/c1-11(14-8-16-6-7-18-14)20-13-4-2-12(3-5-13)15-9-17-10-19-15/h2-11,20H,1H3,(H,17,19). The Balaban J connectivity index is 1.72. The predicted octanol–water partition coefficient (Wildman–Crippen LogP) is 3.04. The Labute approximate surface area is 117 Å². The molecule has 0 aliphatic carbocycles. The van der Waals surface area contributed by atoms with Crippen molar-refractivity contribution in [3.8, 4) is 11.3 Å². The van der Waals surface area contributed by atoms with Crippen LogP contribution in [0.1, 0.15) is 18.7 Å². The zero-order valence-electron chi connectivity index (χ0n) is 11.1. The largest absolute Gasteiger partial charge is 0.377 e. The van der Waals surface area contributed by atoms with Crippen LogP contribution in [0.25, 0.3) is 11.3 Å². The van der Waals surface area contributed by atoms with Gasteiger partial charge in [-0.1, -0.05) is 12.1 Å². The van der Waals surface area contributed by atoms with Crippen molar-refractivity contribution in [2.75, 3.05) is 5.32 Å². The third-order valence-electron chi connectivity index (χ3n) is 3.10. The van der Waals surface area contributed by atoms with Gasteiger partial charge < -0.3 is 10.3 Å². The summed E-state index contributed by atoms with van der Waals surface area (Å²) in [4.78, 5) is 15.5. The molecule has 0 saturated heterocycles. The predicted molar refractivity (Wildman–Crippen MR) is 78.1 cm³/mol. The summed E-state index contributed by atoms with van der Waals surface area (Å²) in [5, 5.41) is 3.40. The number of H-pyrrole nitrogens is 1. The van der Waals surface area contributed by atoms with Gasteiger partial charge in [-0.3, -0.25) is 9.97 Å². The van der Waals surface area contributed by atoms with Crippen LogP contribution < -0.4 is 5.32 Å². The molecule has 0 spiro atoms. The molecule has 0 aliphatic heterocycles. The monoisotopic (exact) mass is 265 g/mol. The minimum atomic E-state index is 0.113.